The van der Waals surface area contributed by atoms with Gasteiger partial charge in [0.1, 0.15) is 11.4 Å². The molecule has 1 N–H and O–H groups in total. The Morgan fingerprint density at radius 3 is 2.35 bits per heavy atom. The minimum Gasteiger partial charge on any atom is -0.475 e. The van der Waals surface area contributed by atoms with E-state index in [2.05, 4.69) is 0 Å². The van der Waals surface area contributed by atoms with Crippen LogP contribution in [0.15, 0.2) is 34.7 Å². The SMILES string of the molecule is CC(C)(C)OC(=O)c1cc(Cc2ccc(F)cc2)c(C(=O)O)o1. The zero-order chi connectivity index (χ0) is 17.2. The first kappa shape index (κ1) is 16.7. The van der Waals surface area contributed by atoms with Crippen LogP contribution in [0.2, 0.25) is 0 Å². The highest BCUT2D eigenvalue weighted by molar-refractivity contribution is 5.91. The molecule has 0 aliphatic rings. The first-order valence-corrected chi connectivity index (χ1v) is 6.99. The Labute approximate surface area is 132 Å². The highest BCUT2D eigenvalue weighted by Gasteiger charge is 2.25. The number of carbonyl (C=O) groups excluding carboxylic acids is 1. The Morgan fingerprint density at radius 2 is 1.83 bits per heavy atom. The Morgan fingerprint density at radius 1 is 1.22 bits per heavy atom. The number of carboxylic acid groups (broad SMARTS) is 1. The minimum absolute atomic E-state index is 0.172. The molecule has 0 saturated heterocycles. The van der Waals surface area contributed by atoms with Crippen LogP contribution in [-0.2, 0) is 11.2 Å². The highest BCUT2D eigenvalue weighted by atomic mass is 19.1. The number of aromatic carboxylic acids is 1. The molecule has 0 aliphatic carbocycles. The molecule has 0 spiro atoms. The van der Waals surface area contributed by atoms with Crippen molar-refractivity contribution in [2.75, 3.05) is 0 Å². The fourth-order valence-corrected chi connectivity index (χ4v) is 1.99. The molecule has 0 radical (unpaired) electrons. The fourth-order valence-electron chi connectivity index (χ4n) is 1.99. The molecule has 0 bridgehead atoms. The highest BCUT2D eigenvalue weighted by Crippen LogP contribution is 2.22. The molecule has 0 aliphatic heterocycles. The molecule has 0 unspecified atom stereocenters. The molecule has 2 rings (SSSR count). The Bertz CT molecular complexity index is 722. The summed E-state index contributed by atoms with van der Waals surface area (Å²) < 4.78 is 23.2. The topological polar surface area (TPSA) is 76.7 Å². The van der Waals surface area contributed by atoms with E-state index in [-0.39, 0.29) is 23.8 Å². The number of furan rings is 1. The second kappa shape index (κ2) is 6.24. The van der Waals surface area contributed by atoms with Gasteiger partial charge in [0.25, 0.3) is 0 Å². The number of rotatable bonds is 4. The number of benzene rings is 1. The van der Waals surface area contributed by atoms with E-state index in [1.807, 2.05) is 0 Å². The Kier molecular flexibility index (Phi) is 4.54. The standard InChI is InChI=1S/C17H17FO5/c1-17(2,3)23-16(21)13-9-11(14(22-13)15(19)20)8-10-4-6-12(18)7-5-10/h4-7,9H,8H2,1-3H3,(H,19,20). The maximum absolute atomic E-state index is 12.9. The van der Waals surface area contributed by atoms with Gasteiger partial charge in [-0.3, -0.25) is 0 Å². The lowest BCUT2D eigenvalue weighted by molar-refractivity contribution is 0.00346. The lowest BCUT2D eigenvalue weighted by Gasteiger charge is -2.18. The first-order chi connectivity index (χ1) is 10.7. The van der Waals surface area contributed by atoms with Crippen molar-refractivity contribution in [2.24, 2.45) is 0 Å². The largest absolute Gasteiger partial charge is 0.475 e. The molecular weight excluding hydrogens is 303 g/mol. The maximum Gasteiger partial charge on any atom is 0.374 e. The van der Waals surface area contributed by atoms with Crippen LogP contribution in [-0.4, -0.2) is 22.6 Å². The van der Waals surface area contributed by atoms with Crippen LogP contribution in [0, 0.1) is 5.82 Å². The molecule has 0 atom stereocenters. The van der Waals surface area contributed by atoms with E-state index >= 15 is 0 Å². The predicted molar refractivity (Wildman–Crippen MR) is 80.0 cm³/mol. The van der Waals surface area contributed by atoms with Gasteiger partial charge in [-0.2, -0.15) is 0 Å². The molecule has 5 nitrogen and oxygen atoms in total. The van der Waals surface area contributed by atoms with Gasteiger partial charge in [-0.1, -0.05) is 12.1 Å². The van der Waals surface area contributed by atoms with Crippen LogP contribution < -0.4 is 0 Å². The van der Waals surface area contributed by atoms with Crippen LogP contribution >= 0.6 is 0 Å². The summed E-state index contributed by atoms with van der Waals surface area (Å²) in [5, 5.41) is 9.21. The van der Waals surface area contributed by atoms with Crippen molar-refractivity contribution >= 4 is 11.9 Å². The van der Waals surface area contributed by atoms with Gasteiger partial charge in [0.2, 0.25) is 11.5 Å². The summed E-state index contributed by atoms with van der Waals surface area (Å²) in [6.45, 7) is 5.10. The van der Waals surface area contributed by atoms with E-state index in [0.29, 0.717) is 11.1 Å². The molecule has 6 heteroatoms. The van der Waals surface area contributed by atoms with Crippen molar-refractivity contribution in [1.82, 2.24) is 0 Å². The maximum atomic E-state index is 12.9. The Balaban J connectivity index is 2.30. The summed E-state index contributed by atoms with van der Waals surface area (Å²) in [6.07, 6.45) is 0.203. The Hall–Kier alpha value is -2.63. The molecule has 2 aromatic rings. The quantitative estimate of drug-likeness (QED) is 0.870. The smallest absolute Gasteiger partial charge is 0.374 e. The molecular formula is C17H17FO5. The van der Waals surface area contributed by atoms with E-state index in [9.17, 15) is 19.1 Å². The molecule has 1 aromatic carbocycles. The summed E-state index contributed by atoms with van der Waals surface area (Å²) in [4.78, 5) is 23.3. The van der Waals surface area contributed by atoms with Crippen LogP contribution in [0.3, 0.4) is 0 Å². The summed E-state index contributed by atoms with van der Waals surface area (Å²) in [5.74, 6) is -2.89. The minimum atomic E-state index is -1.28. The van der Waals surface area contributed by atoms with E-state index in [4.69, 9.17) is 9.15 Å². The second-order valence-corrected chi connectivity index (χ2v) is 6.08. The third-order valence-corrected chi connectivity index (χ3v) is 2.91. The van der Waals surface area contributed by atoms with Gasteiger partial charge in [0, 0.05) is 12.0 Å². The predicted octanol–water partition coefficient (Wildman–Crippen LogP) is 3.66. The molecule has 1 heterocycles. The van der Waals surface area contributed by atoms with Gasteiger partial charge in [-0.25, -0.2) is 14.0 Å². The third-order valence-electron chi connectivity index (χ3n) is 2.91. The molecule has 1 aromatic heterocycles. The van der Waals surface area contributed by atoms with E-state index in [0.717, 1.165) is 0 Å². The van der Waals surface area contributed by atoms with Gasteiger partial charge in [0.15, 0.2) is 0 Å². The number of halogens is 1. The van der Waals surface area contributed by atoms with Crippen molar-refractivity contribution in [1.29, 1.82) is 0 Å². The normalized spacial score (nSPS) is 11.3. The molecule has 23 heavy (non-hydrogen) atoms. The molecule has 122 valence electrons. The number of esters is 1. The van der Waals surface area contributed by atoms with Crippen LogP contribution in [0.4, 0.5) is 4.39 Å². The summed E-state index contributed by atoms with van der Waals surface area (Å²) >= 11 is 0. The number of carbonyl (C=O) groups is 2. The van der Waals surface area contributed by atoms with Crippen molar-refractivity contribution in [3.05, 3.63) is 58.8 Å². The third kappa shape index (κ3) is 4.42. The van der Waals surface area contributed by atoms with Gasteiger partial charge in [-0.15, -0.1) is 0 Å². The van der Waals surface area contributed by atoms with Gasteiger partial charge < -0.3 is 14.3 Å². The van der Waals surface area contributed by atoms with E-state index in [1.54, 1.807) is 32.9 Å². The summed E-state index contributed by atoms with van der Waals surface area (Å²) in [6, 6.07) is 7.00. The monoisotopic (exact) mass is 320 g/mol. The van der Waals surface area contributed by atoms with Crippen LogP contribution in [0.25, 0.3) is 0 Å². The molecule has 0 saturated carbocycles. The second-order valence-electron chi connectivity index (χ2n) is 6.08. The first-order valence-electron chi connectivity index (χ1n) is 6.99. The van der Waals surface area contributed by atoms with E-state index < -0.39 is 17.5 Å². The average Bonchev–Trinajstić information content (AvgIpc) is 2.84. The molecule has 0 fully saturated rings. The zero-order valence-corrected chi connectivity index (χ0v) is 13.1. The number of carboxylic acids is 1. The lowest BCUT2D eigenvalue weighted by atomic mass is 10.1. The number of ether oxygens (including phenoxy) is 1. The van der Waals surface area contributed by atoms with Crippen molar-refractivity contribution in [3.8, 4) is 0 Å². The van der Waals surface area contributed by atoms with Crippen molar-refractivity contribution < 1.29 is 28.2 Å². The van der Waals surface area contributed by atoms with Crippen molar-refractivity contribution in [3.63, 3.8) is 0 Å². The number of hydrogen-bond donors (Lipinski definition) is 1. The fraction of sp³-hybridized carbons (Fsp3) is 0.294. The van der Waals surface area contributed by atoms with E-state index in [1.165, 1.54) is 18.2 Å². The lowest BCUT2D eigenvalue weighted by Crippen LogP contribution is -2.23. The average molecular weight is 320 g/mol. The van der Waals surface area contributed by atoms with Crippen LogP contribution in [0.5, 0.6) is 0 Å². The zero-order valence-electron chi connectivity index (χ0n) is 13.1. The van der Waals surface area contributed by atoms with Crippen molar-refractivity contribution in [2.45, 2.75) is 32.8 Å². The summed E-state index contributed by atoms with van der Waals surface area (Å²) in [7, 11) is 0. The molecule has 0 amide bonds. The van der Waals surface area contributed by atoms with Gasteiger partial charge in [-0.05, 0) is 44.5 Å². The van der Waals surface area contributed by atoms with Gasteiger partial charge in [0.05, 0.1) is 0 Å². The number of hydrogen-bond acceptors (Lipinski definition) is 4. The van der Waals surface area contributed by atoms with Crippen LogP contribution in [0.1, 0.15) is 53.0 Å². The van der Waals surface area contributed by atoms with Gasteiger partial charge >= 0.3 is 11.9 Å². The summed E-state index contributed by atoms with van der Waals surface area (Å²) in [5.41, 5.74) is 0.306.